The van der Waals surface area contributed by atoms with Crippen LogP contribution in [0.3, 0.4) is 0 Å². The molecule has 0 radical (unpaired) electrons. The molecule has 3 nitrogen and oxygen atoms in total. The average Bonchev–Trinajstić information content (AvgIpc) is 2.84. The second-order valence-corrected chi connectivity index (χ2v) is 9.20. The number of nitrogens with one attached hydrogen (secondary N) is 1. The van der Waals surface area contributed by atoms with E-state index >= 15 is 0 Å². The molecular weight excluding hydrogens is 388 g/mol. The molecule has 1 aromatic heterocycles. The minimum absolute atomic E-state index is 0.0585. The van der Waals surface area contributed by atoms with E-state index in [0.717, 1.165) is 20.3 Å². The molecule has 1 aliphatic rings. The quantitative estimate of drug-likeness (QED) is 0.818. The number of benzene rings is 1. The molecule has 3 rings (SSSR count). The topological polar surface area (TPSA) is 55.1 Å². The van der Waals surface area contributed by atoms with Crippen molar-refractivity contribution in [1.29, 1.82) is 0 Å². The molecule has 1 saturated heterocycles. The van der Waals surface area contributed by atoms with Crippen molar-refractivity contribution >= 4 is 72.5 Å². The highest BCUT2D eigenvalue weighted by Gasteiger charge is 2.20. The SMILES string of the molecule is Nc1c(C(=O)NCC2CSCCS2)sc2cccc(Br)c12. The lowest BCUT2D eigenvalue weighted by Gasteiger charge is -2.20. The van der Waals surface area contributed by atoms with Crippen LogP contribution in [0.2, 0.25) is 0 Å². The summed E-state index contributed by atoms with van der Waals surface area (Å²) in [5.74, 6) is 3.44. The first kappa shape index (κ1) is 15.5. The summed E-state index contributed by atoms with van der Waals surface area (Å²) >= 11 is 8.85. The van der Waals surface area contributed by atoms with Gasteiger partial charge >= 0.3 is 0 Å². The Hall–Kier alpha value is -0.370. The monoisotopic (exact) mass is 402 g/mol. The molecule has 1 unspecified atom stereocenters. The molecule has 2 heterocycles. The number of hydrogen-bond donors (Lipinski definition) is 2. The predicted octanol–water partition coefficient (Wildman–Crippen LogP) is 3.82. The van der Waals surface area contributed by atoms with Crippen molar-refractivity contribution in [3.05, 3.63) is 27.5 Å². The van der Waals surface area contributed by atoms with Gasteiger partial charge in [-0.15, -0.1) is 11.3 Å². The Bertz CT molecular complexity index is 668. The molecule has 1 atom stereocenters. The maximum Gasteiger partial charge on any atom is 0.263 e. The zero-order chi connectivity index (χ0) is 14.8. The normalized spacial score (nSPS) is 18.8. The molecular formula is C14H15BrN2OS3. The number of carbonyl (C=O) groups is 1. The van der Waals surface area contributed by atoms with Gasteiger partial charge in [0.1, 0.15) is 4.88 Å². The second kappa shape index (κ2) is 6.81. The number of nitrogen functional groups attached to an aromatic ring is 1. The molecule has 1 aliphatic heterocycles. The summed E-state index contributed by atoms with van der Waals surface area (Å²) in [5, 5.41) is 4.48. The standard InChI is InChI=1S/C14H15BrN2OS3/c15-9-2-1-3-10-11(9)12(16)13(21-10)14(18)17-6-8-7-19-4-5-20-8/h1-3,8H,4-7,16H2,(H,17,18). The lowest BCUT2D eigenvalue weighted by atomic mass is 10.2. The van der Waals surface area contributed by atoms with Gasteiger partial charge in [0.15, 0.2) is 0 Å². The summed E-state index contributed by atoms with van der Waals surface area (Å²) in [5.41, 5.74) is 6.73. The highest BCUT2D eigenvalue weighted by molar-refractivity contribution is 9.10. The van der Waals surface area contributed by atoms with Gasteiger partial charge in [0.25, 0.3) is 5.91 Å². The van der Waals surface area contributed by atoms with E-state index < -0.39 is 0 Å². The van der Waals surface area contributed by atoms with Crippen LogP contribution in [0.25, 0.3) is 10.1 Å². The van der Waals surface area contributed by atoms with Crippen LogP contribution in [0, 0.1) is 0 Å². The van der Waals surface area contributed by atoms with Crippen molar-refractivity contribution in [3.63, 3.8) is 0 Å². The average molecular weight is 403 g/mol. The summed E-state index contributed by atoms with van der Waals surface area (Å²) in [7, 11) is 0. The summed E-state index contributed by atoms with van der Waals surface area (Å²) in [6.07, 6.45) is 0. The van der Waals surface area contributed by atoms with Gasteiger partial charge in [0.2, 0.25) is 0 Å². The van der Waals surface area contributed by atoms with E-state index in [-0.39, 0.29) is 5.91 Å². The minimum atomic E-state index is -0.0585. The zero-order valence-electron chi connectivity index (χ0n) is 11.2. The molecule has 3 N–H and O–H groups in total. The zero-order valence-corrected chi connectivity index (χ0v) is 15.3. The fraction of sp³-hybridized carbons (Fsp3) is 0.357. The van der Waals surface area contributed by atoms with E-state index in [4.69, 9.17) is 5.73 Å². The third-order valence-corrected chi connectivity index (χ3v) is 7.96. The van der Waals surface area contributed by atoms with Crippen molar-refractivity contribution in [2.75, 3.05) is 29.5 Å². The van der Waals surface area contributed by atoms with Crippen molar-refractivity contribution in [2.45, 2.75) is 5.25 Å². The largest absolute Gasteiger partial charge is 0.397 e. The van der Waals surface area contributed by atoms with Gasteiger partial charge in [-0.05, 0) is 12.1 Å². The van der Waals surface area contributed by atoms with E-state index in [1.807, 2.05) is 41.7 Å². The first-order chi connectivity index (χ1) is 10.2. The van der Waals surface area contributed by atoms with Gasteiger partial charge < -0.3 is 11.1 Å². The number of hydrogen-bond acceptors (Lipinski definition) is 5. The van der Waals surface area contributed by atoms with E-state index in [2.05, 4.69) is 21.2 Å². The number of nitrogens with two attached hydrogens (primary N) is 1. The Morgan fingerprint density at radius 1 is 1.43 bits per heavy atom. The second-order valence-electron chi connectivity index (χ2n) is 4.74. The first-order valence-electron chi connectivity index (χ1n) is 6.61. The molecule has 1 aromatic carbocycles. The number of carbonyl (C=O) groups excluding carboxylic acids is 1. The molecule has 1 fully saturated rings. The Balaban J connectivity index is 1.75. The third kappa shape index (κ3) is 3.36. The Kier molecular flexibility index (Phi) is 5.03. The summed E-state index contributed by atoms with van der Waals surface area (Å²) in [6, 6.07) is 5.90. The van der Waals surface area contributed by atoms with Crippen molar-refractivity contribution < 1.29 is 4.79 Å². The lowest BCUT2D eigenvalue weighted by molar-refractivity contribution is 0.0959. The van der Waals surface area contributed by atoms with Crippen LogP contribution in [0.1, 0.15) is 9.67 Å². The van der Waals surface area contributed by atoms with E-state index in [1.54, 1.807) is 0 Å². The summed E-state index contributed by atoms with van der Waals surface area (Å²) in [6.45, 7) is 0.714. The lowest BCUT2D eigenvalue weighted by Crippen LogP contribution is -2.33. The molecule has 1 amide bonds. The highest BCUT2D eigenvalue weighted by Crippen LogP contribution is 2.38. The number of thioether (sulfide) groups is 2. The number of fused-ring (bicyclic) bond motifs is 1. The van der Waals surface area contributed by atoms with Gasteiger partial charge in [-0.1, -0.05) is 22.0 Å². The van der Waals surface area contributed by atoms with Crippen LogP contribution in [0.4, 0.5) is 5.69 Å². The predicted molar refractivity (Wildman–Crippen MR) is 99.8 cm³/mol. The van der Waals surface area contributed by atoms with Gasteiger partial charge in [-0.3, -0.25) is 4.79 Å². The molecule has 112 valence electrons. The number of rotatable bonds is 3. The van der Waals surface area contributed by atoms with Crippen LogP contribution in [0.5, 0.6) is 0 Å². The Morgan fingerprint density at radius 2 is 2.29 bits per heavy atom. The number of amides is 1. The van der Waals surface area contributed by atoms with Gasteiger partial charge in [-0.25, -0.2) is 0 Å². The van der Waals surface area contributed by atoms with Crippen LogP contribution in [0.15, 0.2) is 22.7 Å². The maximum absolute atomic E-state index is 12.4. The molecule has 0 saturated carbocycles. The minimum Gasteiger partial charge on any atom is -0.397 e. The molecule has 21 heavy (non-hydrogen) atoms. The van der Waals surface area contributed by atoms with Gasteiger partial charge in [0.05, 0.1) is 5.69 Å². The highest BCUT2D eigenvalue weighted by atomic mass is 79.9. The molecule has 7 heteroatoms. The maximum atomic E-state index is 12.4. The first-order valence-corrected chi connectivity index (χ1v) is 10.4. The third-order valence-electron chi connectivity index (χ3n) is 3.28. The van der Waals surface area contributed by atoms with E-state index in [0.29, 0.717) is 22.4 Å². The van der Waals surface area contributed by atoms with Crippen LogP contribution in [-0.2, 0) is 0 Å². The van der Waals surface area contributed by atoms with Crippen molar-refractivity contribution in [3.8, 4) is 0 Å². The van der Waals surface area contributed by atoms with Crippen LogP contribution < -0.4 is 11.1 Å². The molecule has 0 aliphatic carbocycles. The number of thiophene rings is 1. The molecule has 0 spiro atoms. The smallest absolute Gasteiger partial charge is 0.263 e. The summed E-state index contributed by atoms with van der Waals surface area (Å²) < 4.78 is 1.97. The van der Waals surface area contributed by atoms with Crippen molar-refractivity contribution in [1.82, 2.24) is 5.32 Å². The Labute approximate surface area is 144 Å². The number of anilines is 1. The fourth-order valence-corrected chi connectivity index (χ4v) is 6.63. The fourth-order valence-electron chi connectivity index (χ4n) is 2.24. The van der Waals surface area contributed by atoms with Gasteiger partial charge in [-0.2, -0.15) is 23.5 Å². The van der Waals surface area contributed by atoms with E-state index in [1.165, 1.54) is 22.8 Å². The van der Waals surface area contributed by atoms with Crippen LogP contribution in [-0.4, -0.2) is 35.0 Å². The van der Waals surface area contributed by atoms with E-state index in [9.17, 15) is 4.79 Å². The molecule has 0 bridgehead atoms. The molecule has 2 aromatic rings. The Morgan fingerprint density at radius 3 is 3.00 bits per heavy atom. The number of halogens is 1. The van der Waals surface area contributed by atoms with Crippen molar-refractivity contribution in [2.24, 2.45) is 0 Å². The summed E-state index contributed by atoms with van der Waals surface area (Å²) in [4.78, 5) is 13.0. The van der Waals surface area contributed by atoms with Crippen LogP contribution >= 0.6 is 50.8 Å². The van der Waals surface area contributed by atoms with Gasteiger partial charge in [0, 0.05) is 43.6 Å².